The Kier molecular flexibility index (Phi) is 4.67. The summed E-state index contributed by atoms with van der Waals surface area (Å²) in [5, 5.41) is 7.22. The summed E-state index contributed by atoms with van der Waals surface area (Å²) in [7, 11) is 0. The number of thioether (sulfide) groups is 1. The number of hydrogen-bond acceptors (Lipinski definition) is 4. The van der Waals surface area contributed by atoms with E-state index >= 15 is 0 Å². The van der Waals surface area contributed by atoms with Gasteiger partial charge in [-0.3, -0.25) is 4.79 Å². The SMILES string of the molecule is O=C1N=C(N2N=C(c3ccc(Br)cc3)CC2c2ccc(Cl)cc2)CS1. The highest BCUT2D eigenvalue weighted by molar-refractivity contribution is 9.10. The number of benzene rings is 2. The largest absolute Gasteiger partial charge is 0.307 e. The highest BCUT2D eigenvalue weighted by atomic mass is 79.9. The third-order valence-electron chi connectivity index (χ3n) is 4.15. The molecule has 0 saturated carbocycles. The number of amides is 1. The molecule has 0 saturated heterocycles. The molecule has 1 amide bonds. The fourth-order valence-electron chi connectivity index (χ4n) is 2.92. The lowest BCUT2D eigenvalue weighted by Crippen LogP contribution is -2.27. The molecule has 2 aromatic rings. The monoisotopic (exact) mass is 433 g/mol. The second kappa shape index (κ2) is 6.94. The second-order valence-electron chi connectivity index (χ2n) is 5.75. The fraction of sp³-hybridized carbons (Fsp3) is 0.167. The van der Waals surface area contributed by atoms with Gasteiger partial charge in [-0.1, -0.05) is 63.6 Å². The van der Waals surface area contributed by atoms with E-state index in [9.17, 15) is 4.79 Å². The molecule has 2 heterocycles. The van der Waals surface area contributed by atoms with Crippen LogP contribution in [0, 0.1) is 0 Å². The molecule has 0 N–H and O–H groups in total. The van der Waals surface area contributed by atoms with Crippen LogP contribution in [0.15, 0.2) is 63.1 Å². The molecule has 1 unspecified atom stereocenters. The van der Waals surface area contributed by atoms with Gasteiger partial charge in [0.25, 0.3) is 0 Å². The number of hydrogen-bond donors (Lipinski definition) is 0. The van der Waals surface area contributed by atoms with Gasteiger partial charge in [0.2, 0.25) is 0 Å². The first-order valence-electron chi connectivity index (χ1n) is 7.72. The Morgan fingerprint density at radius 2 is 1.84 bits per heavy atom. The molecule has 0 radical (unpaired) electrons. The normalized spacial score (nSPS) is 20.0. The minimum atomic E-state index is -0.155. The Hall–Kier alpha value is -1.63. The molecule has 0 spiro atoms. The van der Waals surface area contributed by atoms with Gasteiger partial charge >= 0.3 is 5.24 Å². The zero-order valence-corrected chi connectivity index (χ0v) is 16.2. The number of aliphatic imine (C=N–C) groups is 1. The predicted molar refractivity (Wildman–Crippen MR) is 107 cm³/mol. The highest BCUT2D eigenvalue weighted by Crippen LogP contribution is 2.35. The van der Waals surface area contributed by atoms with Crippen LogP contribution in [-0.2, 0) is 0 Å². The molecule has 25 heavy (non-hydrogen) atoms. The van der Waals surface area contributed by atoms with E-state index in [1.54, 1.807) is 0 Å². The van der Waals surface area contributed by atoms with E-state index in [-0.39, 0.29) is 11.3 Å². The van der Waals surface area contributed by atoms with Crippen molar-refractivity contribution in [2.45, 2.75) is 12.5 Å². The topological polar surface area (TPSA) is 45.0 Å². The lowest BCUT2D eigenvalue weighted by atomic mass is 9.98. The number of halogens is 2. The van der Waals surface area contributed by atoms with Gasteiger partial charge in [-0.05, 0) is 35.4 Å². The third kappa shape index (κ3) is 3.52. The van der Waals surface area contributed by atoms with Crippen molar-refractivity contribution < 1.29 is 4.79 Å². The van der Waals surface area contributed by atoms with Crippen molar-refractivity contribution in [1.29, 1.82) is 0 Å². The van der Waals surface area contributed by atoms with Crippen LogP contribution in [0.2, 0.25) is 5.02 Å². The zero-order valence-electron chi connectivity index (χ0n) is 13.0. The molecule has 2 aliphatic heterocycles. The molecule has 4 nitrogen and oxygen atoms in total. The maximum Gasteiger partial charge on any atom is 0.307 e. The summed E-state index contributed by atoms with van der Waals surface area (Å²) in [5.74, 6) is 1.27. The molecule has 0 aromatic heterocycles. The van der Waals surface area contributed by atoms with Crippen LogP contribution in [0.1, 0.15) is 23.6 Å². The van der Waals surface area contributed by atoms with E-state index < -0.39 is 0 Å². The second-order valence-corrected chi connectivity index (χ2v) is 8.03. The van der Waals surface area contributed by atoms with Gasteiger partial charge in [-0.25, -0.2) is 5.01 Å². The van der Waals surface area contributed by atoms with Crippen LogP contribution in [0.3, 0.4) is 0 Å². The number of carbonyl (C=O) groups is 1. The van der Waals surface area contributed by atoms with Gasteiger partial charge in [0.05, 0.1) is 17.5 Å². The number of nitrogens with zero attached hydrogens (tertiary/aromatic N) is 3. The molecule has 0 fully saturated rings. The molecule has 4 rings (SSSR count). The van der Waals surface area contributed by atoms with Gasteiger partial charge in [-0.15, -0.1) is 0 Å². The van der Waals surface area contributed by atoms with Gasteiger partial charge < -0.3 is 0 Å². The first-order valence-corrected chi connectivity index (χ1v) is 9.88. The Morgan fingerprint density at radius 1 is 1.12 bits per heavy atom. The van der Waals surface area contributed by atoms with Crippen LogP contribution in [0.4, 0.5) is 4.79 Å². The fourth-order valence-corrected chi connectivity index (χ4v) is 3.93. The van der Waals surface area contributed by atoms with Gasteiger partial charge in [-0.2, -0.15) is 10.1 Å². The first kappa shape index (κ1) is 16.8. The van der Waals surface area contributed by atoms with Crippen LogP contribution in [0.5, 0.6) is 0 Å². The summed E-state index contributed by atoms with van der Waals surface area (Å²) in [6, 6.07) is 15.9. The van der Waals surface area contributed by atoms with E-state index in [0.29, 0.717) is 16.6 Å². The summed E-state index contributed by atoms with van der Waals surface area (Å²) < 4.78 is 1.03. The number of rotatable bonds is 2. The van der Waals surface area contributed by atoms with Crippen molar-refractivity contribution >= 4 is 56.1 Å². The Labute approximate surface area is 163 Å². The average Bonchev–Trinajstić information content (AvgIpc) is 3.23. The van der Waals surface area contributed by atoms with E-state index in [2.05, 4.69) is 20.9 Å². The predicted octanol–water partition coefficient (Wildman–Crippen LogP) is 5.52. The van der Waals surface area contributed by atoms with Crippen LogP contribution < -0.4 is 0 Å². The standard InChI is InChI=1S/C18H13BrClN3OS/c19-13-5-1-11(2-6-13)15-9-16(12-3-7-14(20)8-4-12)23(22-15)17-10-25-18(24)21-17/h1-8,16H,9-10H2. The molecule has 0 bridgehead atoms. The highest BCUT2D eigenvalue weighted by Gasteiger charge is 2.34. The maximum absolute atomic E-state index is 11.6. The molecule has 2 aromatic carbocycles. The van der Waals surface area contributed by atoms with E-state index in [1.165, 1.54) is 11.8 Å². The molecule has 126 valence electrons. The summed E-state index contributed by atoms with van der Waals surface area (Å²) >= 11 is 10.7. The molecule has 2 aliphatic rings. The summed E-state index contributed by atoms with van der Waals surface area (Å²) in [6.45, 7) is 0. The average molecular weight is 435 g/mol. The maximum atomic E-state index is 11.6. The number of hydrazone groups is 1. The number of amidine groups is 1. The minimum absolute atomic E-state index is 0.0150. The van der Waals surface area contributed by atoms with Crippen LogP contribution in [0.25, 0.3) is 0 Å². The third-order valence-corrected chi connectivity index (χ3v) is 5.67. The quantitative estimate of drug-likeness (QED) is 0.625. The summed E-state index contributed by atoms with van der Waals surface area (Å²) in [5.41, 5.74) is 3.16. The molecular weight excluding hydrogens is 422 g/mol. The van der Waals surface area contributed by atoms with E-state index in [0.717, 1.165) is 27.7 Å². The Bertz CT molecular complexity index is 880. The first-order chi connectivity index (χ1) is 12.1. The van der Waals surface area contributed by atoms with Crippen molar-refractivity contribution in [1.82, 2.24) is 5.01 Å². The zero-order chi connectivity index (χ0) is 17.4. The van der Waals surface area contributed by atoms with Crippen molar-refractivity contribution in [2.75, 3.05) is 5.75 Å². The molecule has 0 aliphatic carbocycles. The minimum Gasteiger partial charge on any atom is -0.259 e. The van der Waals surface area contributed by atoms with Crippen LogP contribution in [-0.4, -0.2) is 27.5 Å². The molecule has 7 heteroatoms. The Morgan fingerprint density at radius 3 is 2.48 bits per heavy atom. The molecule has 1 atom stereocenters. The van der Waals surface area contributed by atoms with Crippen molar-refractivity contribution in [3.63, 3.8) is 0 Å². The lowest BCUT2D eigenvalue weighted by Gasteiger charge is -2.23. The van der Waals surface area contributed by atoms with Gasteiger partial charge in [0.1, 0.15) is 5.84 Å². The molecular formula is C18H13BrClN3OS. The van der Waals surface area contributed by atoms with Crippen molar-refractivity contribution in [2.24, 2.45) is 10.1 Å². The lowest BCUT2D eigenvalue weighted by molar-refractivity contribution is 0.267. The smallest absolute Gasteiger partial charge is 0.259 e. The van der Waals surface area contributed by atoms with Gasteiger partial charge in [0, 0.05) is 15.9 Å². The van der Waals surface area contributed by atoms with E-state index in [1.807, 2.05) is 53.5 Å². The van der Waals surface area contributed by atoms with E-state index in [4.69, 9.17) is 16.7 Å². The van der Waals surface area contributed by atoms with Crippen molar-refractivity contribution in [3.8, 4) is 0 Å². The van der Waals surface area contributed by atoms with Gasteiger partial charge in [0.15, 0.2) is 0 Å². The number of carbonyl (C=O) groups excluding carboxylic acids is 1. The van der Waals surface area contributed by atoms with Crippen LogP contribution >= 0.6 is 39.3 Å². The Balaban J connectivity index is 1.71. The summed E-state index contributed by atoms with van der Waals surface area (Å²) in [6.07, 6.45) is 0.751. The summed E-state index contributed by atoms with van der Waals surface area (Å²) in [4.78, 5) is 15.7. The van der Waals surface area contributed by atoms with Crippen molar-refractivity contribution in [3.05, 3.63) is 69.2 Å².